The lowest BCUT2D eigenvalue weighted by atomic mass is 9.87. The number of hydrogen-bond donors (Lipinski definition) is 1. The zero-order valence-corrected chi connectivity index (χ0v) is 14.5. The van der Waals surface area contributed by atoms with E-state index in [1.54, 1.807) is 52.0 Å². The van der Waals surface area contributed by atoms with Crippen molar-refractivity contribution in [2.24, 2.45) is 0 Å². The van der Waals surface area contributed by atoms with Gasteiger partial charge in [0.05, 0.1) is 5.56 Å². The molecule has 25 heavy (non-hydrogen) atoms. The van der Waals surface area contributed by atoms with Crippen molar-refractivity contribution >= 4 is 16.9 Å². The predicted molar refractivity (Wildman–Crippen MR) is 91.5 cm³/mol. The minimum Gasteiger partial charge on any atom is -0.483 e. The molecule has 0 radical (unpaired) electrons. The summed E-state index contributed by atoms with van der Waals surface area (Å²) in [4.78, 5) is 23.8. The zero-order chi connectivity index (χ0) is 18.4. The van der Waals surface area contributed by atoms with Crippen LogP contribution < -0.4 is 10.4 Å². The number of carbonyl (C=O) groups is 1. The van der Waals surface area contributed by atoms with E-state index in [-0.39, 0.29) is 5.58 Å². The lowest BCUT2D eigenvalue weighted by Gasteiger charge is -2.42. The van der Waals surface area contributed by atoms with Crippen molar-refractivity contribution in [2.75, 3.05) is 0 Å². The van der Waals surface area contributed by atoms with Crippen LogP contribution in [-0.2, 0) is 9.53 Å². The normalized spacial score (nSPS) is 22.2. The van der Waals surface area contributed by atoms with Gasteiger partial charge in [0, 0.05) is 17.0 Å². The van der Waals surface area contributed by atoms with Gasteiger partial charge in [-0.3, -0.25) is 0 Å². The van der Waals surface area contributed by atoms with Crippen molar-refractivity contribution in [3.8, 4) is 5.75 Å². The average molecular weight is 344 g/mol. The number of hydrogen-bond acceptors (Lipinski definition) is 6. The lowest BCUT2D eigenvalue weighted by molar-refractivity contribution is -0.173. The summed E-state index contributed by atoms with van der Waals surface area (Å²) >= 11 is 0. The molecule has 0 unspecified atom stereocenters. The Hall–Kier alpha value is -2.60. The quantitative estimate of drug-likeness (QED) is 0.512. The van der Waals surface area contributed by atoms with Crippen molar-refractivity contribution in [3.63, 3.8) is 0 Å². The minimum atomic E-state index is -1.19. The highest BCUT2D eigenvalue weighted by atomic mass is 16.6. The van der Waals surface area contributed by atoms with Gasteiger partial charge < -0.3 is 19.0 Å². The number of benzene rings is 1. The first-order valence-corrected chi connectivity index (χ1v) is 8.02. The standard InChI is InChI=1S/C19H20O6/c1-5-10(2)18(22)24-17-15(21)14-12(25-19(17,3)4)8-6-11-7-9-13(20)23-16(11)14/h5-9,15,17,21H,1-4H3/t15-,17+/m0/s1. The second kappa shape index (κ2) is 6.04. The number of aliphatic hydroxyl groups is 1. The molecule has 0 saturated heterocycles. The van der Waals surface area contributed by atoms with Gasteiger partial charge in [-0.15, -0.1) is 0 Å². The van der Waals surface area contributed by atoms with Gasteiger partial charge in [0.2, 0.25) is 0 Å². The molecule has 0 saturated carbocycles. The van der Waals surface area contributed by atoms with Gasteiger partial charge in [-0.2, -0.15) is 0 Å². The maximum absolute atomic E-state index is 12.2. The zero-order valence-electron chi connectivity index (χ0n) is 14.5. The molecule has 0 amide bonds. The van der Waals surface area contributed by atoms with Crippen molar-refractivity contribution in [3.05, 3.63) is 51.9 Å². The van der Waals surface area contributed by atoms with E-state index in [0.717, 1.165) is 0 Å². The van der Waals surface area contributed by atoms with Crippen LogP contribution in [0.2, 0.25) is 0 Å². The van der Waals surface area contributed by atoms with Crippen LogP contribution in [0.4, 0.5) is 0 Å². The van der Waals surface area contributed by atoms with E-state index in [0.29, 0.717) is 22.3 Å². The highest BCUT2D eigenvalue weighted by Gasteiger charge is 2.47. The summed E-state index contributed by atoms with van der Waals surface area (Å²) in [5.41, 5.74) is -0.518. The Kier molecular flexibility index (Phi) is 4.16. The summed E-state index contributed by atoms with van der Waals surface area (Å²) in [5.74, 6) is -0.136. The summed E-state index contributed by atoms with van der Waals surface area (Å²) in [5, 5.41) is 11.6. The van der Waals surface area contributed by atoms with Gasteiger partial charge in [0.15, 0.2) is 6.10 Å². The third kappa shape index (κ3) is 2.93. The molecule has 1 aromatic carbocycles. The molecule has 2 heterocycles. The molecular formula is C19H20O6. The summed E-state index contributed by atoms with van der Waals surface area (Å²) < 4.78 is 16.7. The summed E-state index contributed by atoms with van der Waals surface area (Å²) in [6, 6.07) is 6.37. The van der Waals surface area contributed by atoms with E-state index < -0.39 is 29.4 Å². The van der Waals surface area contributed by atoms with Crippen LogP contribution in [-0.4, -0.2) is 22.8 Å². The molecule has 0 aliphatic carbocycles. The van der Waals surface area contributed by atoms with Gasteiger partial charge >= 0.3 is 11.6 Å². The first kappa shape index (κ1) is 17.2. The monoisotopic (exact) mass is 344 g/mol. The lowest BCUT2D eigenvalue weighted by Crippen LogP contribution is -2.51. The number of rotatable bonds is 2. The molecule has 6 nitrogen and oxygen atoms in total. The first-order chi connectivity index (χ1) is 11.7. The summed E-state index contributed by atoms with van der Waals surface area (Å²) in [6.07, 6.45) is -0.520. The molecule has 6 heteroatoms. The summed E-state index contributed by atoms with van der Waals surface area (Å²) in [7, 11) is 0. The Labute approximate surface area is 144 Å². The minimum absolute atomic E-state index is 0.233. The van der Waals surface area contributed by atoms with Crippen LogP contribution >= 0.6 is 0 Å². The SMILES string of the molecule is CC=C(C)C(=O)O[C@@H]1[C@@H](O)c2c(ccc3ccc(=O)oc23)OC1(C)C. The van der Waals surface area contributed by atoms with Gasteiger partial charge in [-0.05, 0) is 45.9 Å². The van der Waals surface area contributed by atoms with Crippen molar-refractivity contribution < 1.29 is 23.8 Å². The number of carbonyl (C=O) groups excluding carboxylic acids is 1. The van der Waals surface area contributed by atoms with Gasteiger partial charge in [0.1, 0.15) is 23.0 Å². The van der Waals surface area contributed by atoms with Crippen LogP contribution in [0.1, 0.15) is 39.4 Å². The molecule has 2 aromatic rings. The Bertz CT molecular complexity index is 921. The molecule has 1 aromatic heterocycles. The second-order valence-corrected chi connectivity index (χ2v) is 6.60. The Morgan fingerprint density at radius 2 is 1.96 bits per heavy atom. The van der Waals surface area contributed by atoms with Crippen molar-refractivity contribution in [1.82, 2.24) is 0 Å². The fraction of sp³-hybridized carbons (Fsp3) is 0.368. The number of ether oxygens (including phenoxy) is 2. The number of fused-ring (bicyclic) bond motifs is 3. The van der Waals surface area contributed by atoms with Crippen LogP contribution in [0.5, 0.6) is 5.75 Å². The average Bonchev–Trinajstić information content (AvgIpc) is 2.56. The maximum Gasteiger partial charge on any atom is 0.336 e. The van der Waals surface area contributed by atoms with E-state index in [1.807, 2.05) is 0 Å². The van der Waals surface area contributed by atoms with Gasteiger partial charge in [-0.25, -0.2) is 9.59 Å². The smallest absolute Gasteiger partial charge is 0.336 e. The number of esters is 1. The first-order valence-electron chi connectivity index (χ1n) is 8.02. The molecule has 1 aliphatic rings. The van der Waals surface area contributed by atoms with Crippen molar-refractivity contribution in [1.29, 1.82) is 0 Å². The van der Waals surface area contributed by atoms with E-state index in [9.17, 15) is 14.7 Å². The highest BCUT2D eigenvalue weighted by molar-refractivity contribution is 5.88. The third-order valence-electron chi connectivity index (χ3n) is 4.42. The molecule has 2 atom stereocenters. The van der Waals surface area contributed by atoms with Crippen LogP contribution in [0.25, 0.3) is 11.0 Å². The largest absolute Gasteiger partial charge is 0.483 e. The third-order valence-corrected chi connectivity index (χ3v) is 4.42. The van der Waals surface area contributed by atoms with Crippen molar-refractivity contribution in [2.45, 2.75) is 45.5 Å². The maximum atomic E-state index is 12.2. The van der Waals surface area contributed by atoms with Crippen LogP contribution in [0.3, 0.4) is 0 Å². The Morgan fingerprint density at radius 3 is 2.64 bits per heavy atom. The van der Waals surface area contributed by atoms with E-state index in [2.05, 4.69) is 0 Å². The number of allylic oxidation sites excluding steroid dienone is 1. The molecular weight excluding hydrogens is 324 g/mol. The van der Waals surface area contributed by atoms with Gasteiger partial charge in [-0.1, -0.05) is 6.08 Å². The molecule has 0 fully saturated rings. The number of aliphatic hydroxyl groups excluding tert-OH is 1. The second-order valence-electron chi connectivity index (χ2n) is 6.60. The van der Waals surface area contributed by atoms with Crippen LogP contribution in [0.15, 0.2) is 45.1 Å². The highest BCUT2D eigenvalue weighted by Crippen LogP contribution is 2.44. The van der Waals surface area contributed by atoms with E-state index in [4.69, 9.17) is 13.9 Å². The molecule has 0 bridgehead atoms. The molecule has 1 N–H and O–H groups in total. The van der Waals surface area contributed by atoms with E-state index in [1.165, 1.54) is 6.07 Å². The molecule has 0 spiro atoms. The Morgan fingerprint density at radius 1 is 1.28 bits per heavy atom. The molecule has 1 aliphatic heterocycles. The topological polar surface area (TPSA) is 86.0 Å². The molecule has 132 valence electrons. The van der Waals surface area contributed by atoms with Gasteiger partial charge in [0.25, 0.3) is 0 Å². The Balaban J connectivity index is 2.12. The van der Waals surface area contributed by atoms with Crippen LogP contribution in [0, 0.1) is 0 Å². The van der Waals surface area contributed by atoms with E-state index >= 15 is 0 Å². The molecule has 3 rings (SSSR count). The predicted octanol–water partition coefficient (Wildman–Crippen LogP) is 2.88. The fourth-order valence-electron chi connectivity index (χ4n) is 2.91. The summed E-state index contributed by atoms with van der Waals surface area (Å²) in [6.45, 7) is 6.82. The fourth-order valence-corrected chi connectivity index (χ4v) is 2.91.